The van der Waals surface area contributed by atoms with Crippen LogP contribution in [0.1, 0.15) is 19.4 Å². The molecule has 3 nitrogen and oxygen atoms in total. The number of amides is 1. The summed E-state index contributed by atoms with van der Waals surface area (Å²) in [7, 11) is 1.66. The van der Waals surface area contributed by atoms with E-state index in [1.807, 2.05) is 28.8 Å². The minimum atomic E-state index is -0.0179. The van der Waals surface area contributed by atoms with E-state index in [1.54, 1.807) is 7.11 Å². The second-order valence-electron chi connectivity index (χ2n) is 4.71. The molecule has 0 spiro atoms. The molecule has 0 radical (unpaired) electrons. The Labute approximate surface area is 118 Å². The molecule has 1 aromatic rings. The van der Waals surface area contributed by atoms with E-state index in [1.165, 1.54) is 11.0 Å². The van der Waals surface area contributed by atoms with Crippen LogP contribution in [0.15, 0.2) is 35.7 Å². The molecule has 2 rings (SSSR count). The third kappa shape index (κ3) is 2.78. The van der Waals surface area contributed by atoms with Crippen LogP contribution in [0.4, 0.5) is 0 Å². The van der Waals surface area contributed by atoms with Gasteiger partial charge in [-0.15, -0.1) is 11.8 Å². The Hall–Kier alpha value is -1.42. The molecule has 0 N–H and O–H groups in total. The van der Waals surface area contributed by atoms with Crippen molar-refractivity contribution in [2.45, 2.75) is 36.6 Å². The van der Waals surface area contributed by atoms with Crippen LogP contribution in [-0.2, 0) is 11.3 Å². The van der Waals surface area contributed by atoms with Crippen molar-refractivity contribution >= 4 is 17.7 Å². The predicted octanol–water partition coefficient (Wildman–Crippen LogP) is 3.09. The van der Waals surface area contributed by atoms with Crippen LogP contribution in [0, 0.1) is 0 Å². The fourth-order valence-electron chi connectivity index (χ4n) is 2.20. The molecule has 0 aromatic heterocycles. The fraction of sp³-hybridized carbons (Fsp3) is 0.400. The SMILES string of the molecule is C=CC(=O)N1Cc2cc(OC)ccc2S[C@H](C)[C@@H]1C. The number of fused-ring (bicyclic) bond motifs is 1. The summed E-state index contributed by atoms with van der Waals surface area (Å²) in [6.45, 7) is 8.44. The van der Waals surface area contributed by atoms with E-state index in [-0.39, 0.29) is 11.9 Å². The van der Waals surface area contributed by atoms with Crippen molar-refractivity contribution in [3.8, 4) is 5.75 Å². The molecule has 4 heteroatoms. The molecule has 0 bridgehead atoms. The zero-order chi connectivity index (χ0) is 14.0. The number of methoxy groups -OCH3 is 1. The normalized spacial score (nSPS) is 22.4. The van der Waals surface area contributed by atoms with E-state index < -0.39 is 0 Å². The lowest BCUT2D eigenvalue weighted by Crippen LogP contribution is -2.40. The van der Waals surface area contributed by atoms with Gasteiger partial charge in [0, 0.05) is 22.7 Å². The van der Waals surface area contributed by atoms with Crippen LogP contribution >= 0.6 is 11.8 Å². The van der Waals surface area contributed by atoms with Crippen molar-refractivity contribution in [1.82, 2.24) is 4.90 Å². The van der Waals surface area contributed by atoms with E-state index in [0.717, 1.165) is 11.3 Å². The molecule has 0 saturated carbocycles. The minimum Gasteiger partial charge on any atom is -0.497 e. The Morgan fingerprint density at radius 2 is 2.26 bits per heavy atom. The largest absolute Gasteiger partial charge is 0.497 e. The molecule has 102 valence electrons. The molecule has 19 heavy (non-hydrogen) atoms. The Morgan fingerprint density at radius 3 is 2.89 bits per heavy atom. The highest BCUT2D eigenvalue weighted by atomic mass is 32.2. The van der Waals surface area contributed by atoms with Crippen molar-refractivity contribution in [1.29, 1.82) is 0 Å². The van der Waals surface area contributed by atoms with Gasteiger partial charge in [0.2, 0.25) is 5.91 Å². The first-order chi connectivity index (χ1) is 9.06. The van der Waals surface area contributed by atoms with Gasteiger partial charge in [-0.3, -0.25) is 4.79 Å². The van der Waals surface area contributed by atoms with Gasteiger partial charge in [-0.1, -0.05) is 13.5 Å². The molecule has 0 aliphatic carbocycles. The maximum Gasteiger partial charge on any atom is 0.246 e. The zero-order valence-electron chi connectivity index (χ0n) is 11.6. The standard InChI is InChI=1S/C15H19NO2S/c1-5-15(17)16-9-12-8-13(18-4)6-7-14(12)19-11(3)10(16)2/h5-8,10-11H,1,9H2,2-4H3/t10-,11+/m0/s1. The van der Waals surface area contributed by atoms with Crippen molar-refractivity contribution < 1.29 is 9.53 Å². The average molecular weight is 277 g/mol. The van der Waals surface area contributed by atoms with Gasteiger partial charge in [-0.05, 0) is 36.8 Å². The quantitative estimate of drug-likeness (QED) is 0.778. The van der Waals surface area contributed by atoms with Crippen LogP contribution < -0.4 is 4.74 Å². The predicted molar refractivity (Wildman–Crippen MR) is 78.5 cm³/mol. The Morgan fingerprint density at radius 1 is 1.53 bits per heavy atom. The van der Waals surface area contributed by atoms with Gasteiger partial charge >= 0.3 is 0 Å². The lowest BCUT2D eigenvalue weighted by Gasteiger charge is -2.29. The number of carbonyl (C=O) groups is 1. The highest BCUT2D eigenvalue weighted by Gasteiger charge is 2.28. The molecule has 1 aromatic carbocycles. The van der Waals surface area contributed by atoms with E-state index in [4.69, 9.17) is 4.74 Å². The number of carbonyl (C=O) groups excluding carboxylic acids is 1. The zero-order valence-corrected chi connectivity index (χ0v) is 12.4. The minimum absolute atomic E-state index is 0.0179. The van der Waals surface area contributed by atoms with Gasteiger partial charge in [0.15, 0.2) is 0 Å². The third-order valence-corrected chi connectivity index (χ3v) is 4.97. The van der Waals surface area contributed by atoms with Crippen molar-refractivity contribution in [3.05, 3.63) is 36.4 Å². The molecule has 1 aliphatic heterocycles. The number of hydrogen-bond donors (Lipinski definition) is 0. The van der Waals surface area contributed by atoms with E-state index >= 15 is 0 Å². The lowest BCUT2D eigenvalue weighted by atomic mass is 10.1. The molecule has 0 saturated heterocycles. The summed E-state index contributed by atoms with van der Waals surface area (Å²) in [6, 6.07) is 6.23. The van der Waals surface area contributed by atoms with Crippen molar-refractivity contribution in [2.24, 2.45) is 0 Å². The van der Waals surface area contributed by atoms with Crippen LogP contribution in [0.2, 0.25) is 0 Å². The second-order valence-corrected chi connectivity index (χ2v) is 6.13. The first-order valence-electron chi connectivity index (χ1n) is 6.33. The highest BCUT2D eigenvalue weighted by Crippen LogP contribution is 2.36. The van der Waals surface area contributed by atoms with Crippen molar-refractivity contribution in [3.63, 3.8) is 0 Å². The summed E-state index contributed by atoms with van der Waals surface area (Å²) >= 11 is 1.81. The van der Waals surface area contributed by atoms with Crippen LogP contribution in [0.5, 0.6) is 5.75 Å². The number of hydrogen-bond acceptors (Lipinski definition) is 3. The molecular weight excluding hydrogens is 258 g/mol. The van der Waals surface area contributed by atoms with Gasteiger partial charge in [0.25, 0.3) is 0 Å². The smallest absolute Gasteiger partial charge is 0.246 e. The summed E-state index contributed by atoms with van der Waals surface area (Å²) in [6.07, 6.45) is 1.39. The summed E-state index contributed by atoms with van der Waals surface area (Å²) in [5, 5.41) is 0.346. The van der Waals surface area contributed by atoms with Gasteiger partial charge in [0.05, 0.1) is 7.11 Å². The van der Waals surface area contributed by atoms with E-state index in [2.05, 4.69) is 26.5 Å². The number of ether oxygens (including phenoxy) is 1. The fourth-order valence-corrected chi connectivity index (χ4v) is 3.36. The first-order valence-corrected chi connectivity index (χ1v) is 7.21. The van der Waals surface area contributed by atoms with Gasteiger partial charge in [-0.25, -0.2) is 0 Å². The monoisotopic (exact) mass is 277 g/mol. The van der Waals surface area contributed by atoms with E-state index in [9.17, 15) is 4.79 Å². The topological polar surface area (TPSA) is 29.5 Å². The molecule has 0 fully saturated rings. The average Bonchev–Trinajstić information content (AvgIpc) is 2.55. The van der Waals surface area contributed by atoms with Crippen LogP contribution in [-0.4, -0.2) is 29.2 Å². The molecule has 2 atom stereocenters. The van der Waals surface area contributed by atoms with Crippen LogP contribution in [0.3, 0.4) is 0 Å². The lowest BCUT2D eigenvalue weighted by molar-refractivity contribution is -0.128. The number of nitrogens with zero attached hydrogens (tertiary/aromatic N) is 1. The van der Waals surface area contributed by atoms with Crippen LogP contribution in [0.25, 0.3) is 0 Å². The summed E-state index contributed by atoms with van der Waals surface area (Å²) in [4.78, 5) is 15.1. The molecular formula is C15H19NO2S. The maximum absolute atomic E-state index is 12.0. The summed E-state index contributed by atoms with van der Waals surface area (Å²) < 4.78 is 5.26. The Kier molecular flexibility index (Phi) is 4.20. The third-order valence-electron chi connectivity index (χ3n) is 3.55. The Bertz CT molecular complexity index is 501. The molecule has 1 aliphatic rings. The molecule has 1 amide bonds. The van der Waals surface area contributed by atoms with Gasteiger partial charge < -0.3 is 9.64 Å². The number of thioether (sulfide) groups is 1. The molecule has 0 unspecified atom stereocenters. The number of benzene rings is 1. The van der Waals surface area contributed by atoms with Gasteiger partial charge in [0.1, 0.15) is 5.75 Å². The summed E-state index contributed by atoms with van der Waals surface area (Å²) in [5.41, 5.74) is 1.13. The maximum atomic E-state index is 12.0. The first kappa shape index (κ1) is 14.0. The summed E-state index contributed by atoms with van der Waals surface area (Å²) in [5.74, 6) is 0.808. The van der Waals surface area contributed by atoms with Gasteiger partial charge in [-0.2, -0.15) is 0 Å². The van der Waals surface area contributed by atoms with Crippen molar-refractivity contribution in [2.75, 3.05) is 7.11 Å². The molecule has 1 heterocycles. The number of rotatable bonds is 2. The Balaban J connectivity index is 2.40. The highest BCUT2D eigenvalue weighted by molar-refractivity contribution is 8.00. The van der Waals surface area contributed by atoms with E-state index in [0.29, 0.717) is 11.8 Å². The second kappa shape index (κ2) is 5.70.